The Hall–Kier alpha value is -4.00. The van der Waals surface area contributed by atoms with Crippen LogP contribution in [0.3, 0.4) is 0 Å². The van der Waals surface area contributed by atoms with E-state index in [0.717, 1.165) is 45.9 Å². The number of pyridine rings is 1. The highest BCUT2D eigenvalue weighted by molar-refractivity contribution is 5.80. The van der Waals surface area contributed by atoms with Crippen molar-refractivity contribution in [2.45, 2.75) is 39.2 Å². The van der Waals surface area contributed by atoms with Gasteiger partial charge in [0.1, 0.15) is 11.3 Å². The molecule has 2 aromatic carbocycles. The lowest BCUT2D eigenvalue weighted by atomic mass is 9.98. The zero-order valence-corrected chi connectivity index (χ0v) is 18.5. The Bertz CT molecular complexity index is 1540. The summed E-state index contributed by atoms with van der Waals surface area (Å²) in [5.74, 6) is 1.55. The van der Waals surface area contributed by atoms with Crippen molar-refractivity contribution in [3.8, 4) is 22.5 Å². The van der Waals surface area contributed by atoms with Crippen LogP contribution in [0.1, 0.15) is 41.4 Å². The number of benzene rings is 2. The minimum Gasteiger partial charge on any atom is -0.308 e. The van der Waals surface area contributed by atoms with Crippen LogP contribution in [0.5, 0.6) is 0 Å². The number of imidazole rings is 1. The zero-order chi connectivity index (χ0) is 22.5. The van der Waals surface area contributed by atoms with Crippen molar-refractivity contribution < 1.29 is 4.52 Å². The van der Waals surface area contributed by atoms with Gasteiger partial charge < -0.3 is 4.57 Å². The van der Waals surface area contributed by atoms with Gasteiger partial charge in [-0.2, -0.15) is 0 Å². The van der Waals surface area contributed by atoms with Crippen LogP contribution in [0, 0.1) is 13.8 Å². The molecule has 1 fully saturated rings. The number of aromatic amines is 1. The second-order valence-electron chi connectivity index (χ2n) is 8.77. The van der Waals surface area contributed by atoms with Crippen molar-refractivity contribution in [3.05, 3.63) is 87.8 Å². The maximum Gasteiger partial charge on any atom is 0.439 e. The van der Waals surface area contributed by atoms with Crippen LogP contribution in [-0.2, 0) is 6.54 Å². The van der Waals surface area contributed by atoms with Crippen molar-refractivity contribution in [1.29, 1.82) is 0 Å². The molecule has 0 saturated heterocycles. The van der Waals surface area contributed by atoms with Crippen molar-refractivity contribution in [3.63, 3.8) is 0 Å². The van der Waals surface area contributed by atoms with E-state index in [2.05, 4.69) is 52.0 Å². The Kier molecular flexibility index (Phi) is 4.50. The molecule has 3 heterocycles. The smallest absolute Gasteiger partial charge is 0.308 e. The molecule has 7 heteroatoms. The SMILES string of the molecule is Cc1cc(C)c2nc(C3CC3)n(Cc3ccc(-c4ccccc4-c4noc(=O)[nH]4)cc3)c2n1. The largest absolute Gasteiger partial charge is 0.439 e. The van der Waals surface area contributed by atoms with Gasteiger partial charge in [0.25, 0.3) is 0 Å². The summed E-state index contributed by atoms with van der Waals surface area (Å²) >= 11 is 0. The first kappa shape index (κ1) is 19.7. The third kappa shape index (κ3) is 3.55. The van der Waals surface area contributed by atoms with Crippen molar-refractivity contribution >= 4 is 11.2 Å². The molecule has 1 saturated carbocycles. The predicted molar refractivity (Wildman–Crippen MR) is 126 cm³/mol. The van der Waals surface area contributed by atoms with Gasteiger partial charge in [-0.05, 0) is 55.0 Å². The van der Waals surface area contributed by atoms with Crippen LogP contribution in [-0.4, -0.2) is 24.7 Å². The molecule has 5 aromatic rings. The Morgan fingerprint density at radius 2 is 1.79 bits per heavy atom. The number of aryl methyl sites for hydroxylation is 2. The summed E-state index contributed by atoms with van der Waals surface area (Å²) in [7, 11) is 0. The Labute approximate surface area is 190 Å². The monoisotopic (exact) mass is 437 g/mol. The van der Waals surface area contributed by atoms with Crippen LogP contribution < -0.4 is 5.76 Å². The number of fused-ring (bicyclic) bond motifs is 1. The Morgan fingerprint density at radius 3 is 2.48 bits per heavy atom. The van der Waals surface area contributed by atoms with E-state index in [1.807, 2.05) is 31.2 Å². The topological polar surface area (TPSA) is 89.6 Å². The average molecular weight is 438 g/mol. The molecule has 6 rings (SSSR count). The maximum atomic E-state index is 11.4. The van der Waals surface area contributed by atoms with Crippen LogP contribution in [0.4, 0.5) is 0 Å². The molecule has 1 aliphatic carbocycles. The summed E-state index contributed by atoms with van der Waals surface area (Å²) < 4.78 is 6.99. The van der Waals surface area contributed by atoms with Crippen LogP contribution >= 0.6 is 0 Å². The van der Waals surface area contributed by atoms with Gasteiger partial charge in [0.15, 0.2) is 11.5 Å². The summed E-state index contributed by atoms with van der Waals surface area (Å²) in [6.45, 7) is 4.88. The number of aromatic nitrogens is 5. The molecule has 0 spiro atoms. The fourth-order valence-corrected chi connectivity index (χ4v) is 4.49. The lowest BCUT2D eigenvalue weighted by Crippen LogP contribution is -2.05. The molecule has 3 aromatic heterocycles. The standard InChI is InChI=1S/C26H23N5O2/c1-15-13-16(2)27-25-22(15)28-24(19-11-12-19)31(25)14-17-7-9-18(10-8-17)20-5-3-4-6-21(20)23-29-26(32)33-30-23/h3-10,13,19H,11-12,14H2,1-2H3,(H,29,30,32). The second-order valence-corrected chi connectivity index (χ2v) is 8.77. The summed E-state index contributed by atoms with van der Waals surface area (Å²) in [6, 6.07) is 18.4. The Balaban J connectivity index is 1.37. The number of nitrogens with one attached hydrogen (secondary N) is 1. The fourth-order valence-electron chi connectivity index (χ4n) is 4.49. The van der Waals surface area contributed by atoms with Gasteiger partial charge in [0.2, 0.25) is 0 Å². The quantitative estimate of drug-likeness (QED) is 0.419. The number of nitrogens with zero attached hydrogens (tertiary/aromatic N) is 4. The third-order valence-corrected chi connectivity index (χ3v) is 6.22. The number of H-pyrrole nitrogens is 1. The minimum atomic E-state index is -0.562. The molecule has 0 aliphatic heterocycles. The first-order chi connectivity index (χ1) is 16.1. The molecule has 1 N–H and O–H groups in total. The van der Waals surface area contributed by atoms with Gasteiger partial charge >= 0.3 is 5.76 Å². The molecule has 0 atom stereocenters. The van der Waals surface area contributed by atoms with E-state index in [4.69, 9.17) is 14.5 Å². The molecular formula is C26H23N5O2. The van der Waals surface area contributed by atoms with E-state index in [9.17, 15) is 4.79 Å². The van der Waals surface area contributed by atoms with E-state index in [1.165, 1.54) is 24.0 Å². The predicted octanol–water partition coefficient (Wildman–Crippen LogP) is 4.98. The number of rotatable bonds is 5. The lowest BCUT2D eigenvalue weighted by Gasteiger charge is -2.11. The zero-order valence-electron chi connectivity index (χ0n) is 18.5. The molecular weight excluding hydrogens is 414 g/mol. The molecule has 1 aliphatic rings. The molecule has 0 radical (unpaired) electrons. The molecule has 0 unspecified atom stereocenters. The number of hydrogen-bond acceptors (Lipinski definition) is 5. The second kappa shape index (κ2) is 7.55. The van der Waals surface area contributed by atoms with E-state index in [1.54, 1.807) is 0 Å². The van der Waals surface area contributed by atoms with Crippen LogP contribution in [0.2, 0.25) is 0 Å². The van der Waals surface area contributed by atoms with Crippen molar-refractivity contribution in [2.75, 3.05) is 0 Å². The van der Waals surface area contributed by atoms with Crippen molar-refractivity contribution in [2.24, 2.45) is 0 Å². The summed E-state index contributed by atoms with van der Waals surface area (Å²) in [5.41, 5.74) is 8.20. The molecule has 33 heavy (non-hydrogen) atoms. The normalized spacial score (nSPS) is 13.6. The maximum absolute atomic E-state index is 11.4. The van der Waals surface area contributed by atoms with E-state index < -0.39 is 5.76 Å². The van der Waals surface area contributed by atoms with Gasteiger partial charge in [-0.15, -0.1) is 0 Å². The van der Waals surface area contributed by atoms with Gasteiger partial charge in [-0.3, -0.25) is 9.51 Å². The van der Waals surface area contributed by atoms with E-state index in [-0.39, 0.29) is 0 Å². The highest BCUT2D eigenvalue weighted by Crippen LogP contribution is 2.41. The first-order valence-corrected chi connectivity index (χ1v) is 11.2. The summed E-state index contributed by atoms with van der Waals surface area (Å²) in [4.78, 5) is 23.9. The Morgan fingerprint density at radius 1 is 1.03 bits per heavy atom. The van der Waals surface area contributed by atoms with Crippen LogP contribution in [0.15, 0.2) is 63.9 Å². The molecule has 7 nitrogen and oxygen atoms in total. The molecule has 0 amide bonds. The van der Waals surface area contributed by atoms with Gasteiger partial charge in [-0.1, -0.05) is 53.7 Å². The van der Waals surface area contributed by atoms with Gasteiger partial charge in [0, 0.05) is 17.2 Å². The number of hydrogen-bond donors (Lipinski definition) is 1. The highest BCUT2D eigenvalue weighted by atomic mass is 16.5. The molecule has 164 valence electrons. The molecule has 0 bridgehead atoms. The highest BCUT2D eigenvalue weighted by Gasteiger charge is 2.30. The van der Waals surface area contributed by atoms with Gasteiger partial charge in [0.05, 0.1) is 6.54 Å². The summed E-state index contributed by atoms with van der Waals surface area (Å²) in [6.07, 6.45) is 2.39. The minimum absolute atomic E-state index is 0.426. The average Bonchev–Trinajstić information content (AvgIpc) is 3.47. The van der Waals surface area contributed by atoms with Crippen LogP contribution in [0.25, 0.3) is 33.7 Å². The van der Waals surface area contributed by atoms with Crippen molar-refractivity contribution in [1.82, 2.24) is 24.7 Å². The van der Waals surface area contributed by atoms with E-state index >= 15 is 0 Å². The summed E-state index contributed by atoms with van der Waals surface area (Å²) in [5, 5.41) is 3.85. The lowest BCUT2D eigenvalue weighted by molar-refractivity contribution is 0.388. The fraction of sp³-hybridized carbons (Fsp3) is 0.231. The first-order valence-electron chi connectivity index (χ1n) is 11.2. The third-order valence-electron chi connectivity index (χ3n) is 6.22. The van der Waals surface area contributed by atoms with E-state index in [0.29, 0.717) is 11.7 Å². The van der Waals surface area contributed by atoms with Gasteiger partial charge in [-0.25, -0.2) is 14.8 Å².